The molecule has 5 heteroatoms. The number of carbonyl (C=O) groups is 1. The van der Waals surface area contributed by atoms with Gasteiger partial charge in [-0.3, -0.25) is 9.55 Å². The number of imidazole rings is 1. The maximum absolute atomic E-state index is 11.5. The van der Waals surface area contributed by atoms with Crippen molar-refractivity contribution in [1.29, 1.82) is 0 Å². The Balaban J connectivity index is 1.92. The third kappa shape index (κ3) is 2.40. The van der Waals surface area contributed by atoms with Crippen LogP contribution in [0.2, 0.25) is 0 Å². The second-order valence-corrected chi connectivity index (χ2v) is 2.99. The fourth-order valence-corrected chi connectivity index (χ4v) is 1.15. The first-order valence-electron chi connectivity index (χ1n) is 4.51. The molecule has 15 heavy (non-hydrogen) atoms. The number of rotatable bonds is 2. The Morgan fingerprint density at radius 1 is 1.40 bits per heavy atom. The van der Waals surface area contributed by atoms with Gasteiger partial charge in [0.2, 0.25) is 0 Å². The van der Waals surface area contributed by atoms with Crippen molar-refractivity contribution in [2.24, 2.45) is 0 Å². The third-order valence-electron chi connectivity index (χ3n) is 1.91. The summed E-state index contributed by atoms with van der Waals surface area (Å²) in [6, 6.07) is 3.54. The van der Waals surface area contributed by atoms with Gasteiger partial charge in [0.05, 0.1) is 0 Å². The molecule has 1 N–H and O–H groups in total. The summed E-state index contributed by atoms with van der Waals surface area (Å²) in [5.41, 5.74) is 0.964. The smallest absolute Gasteiger partial charge is 0.327 e. The summed E-state index contributed by atoms with van der Waals surface area (Å²) in [6.07, 6.45) is 8.02. The number of nitrogens with zero attached hydrogens (tertiary/aromatic N) is 3. The van der Waals surface area contributed by atoms with Crippen LogP contribution in [0.25, 0.3) is 0 Å². The fourth-order valence-electron chi connectivity index (χ4n) is 1.15. The van der Waals surface area contributed by atoms with E-state index in [-0.39, 0.29) is 6.03 Å². The molecule has 2 rings (SSSR count). The third-order valence-corrected chi connectivity index (χ3v) is 1.91. The molecule has 0 fully saturated rings. The average Bonchev–Trinajstić information content (AvgIpc) is 2.81. The van der Waals surface area contributed by atoms with Crippen molar-refractivity contribution in [3.05, 3.63) is 48.8 Å². The topological polar surface area (TPSA) is 59.8 Å². The molecule has 1 amide bonds. The SMILES string of the molecule is O=C(NCc1cccnc1)n1ccnc1. The van der Waals surface area contributed by atoms with E-state index in [0.29, 0.717) is 6.54 Å². The van der Waals surface area contributed by atoms with Gasteiger partial charge in [0.15, 0.2) is 0 Å². The highest BCUT2D eigenvalue weighted by Gasteiger charge is 2.01. The zero-order chi connectivity index (χ0) is 10.5. The van der Waals surface area contributed by atoms with Gasteiger partial charge in [-0.2, -0.15) is 0 Å². The van der Waals surface area contributed by atoms with Crippen LogP contribution in [0.3, 0.4) is 0 Å². The van der Waals surface area contributed by atoms with E-state index in [2.05, 4.69) is 15.3 Å². The minimum Gasteiger partial charge on any atom is -0.333 e. The minimum absolute atomic E-state index is 0.198. The van der Waals surface area contributed by atoms with E-state index < -0.39 is 0 Å². The lowest BCUT2D eigenvalue weighted by Gasteiger charge is -2.04. The molecule has 0 aliphatic rings. The molecule has 0 bridgehead atoms. The highest BCUT2D eigenvalue weighted by Crippen LogP contribution is 1.94. The molecule has 0 saturated carbocycles. The number of hydrogen-bond donors (Lipinski definition) is 1. The average molecular weight is 202 g/mol. The lowest BCUT2D eigenvalue weighted by Crippen LogP contribution is -2.26. The van der Waals surface area contributed by atoms with Crippen molar-refractivity contribution in [1.82, 2.24) is 19.9 Å². The van der Waals surface area contributed by atoms with Crippen LogP contribution in [-0.4, -0.2) is 20.6 Å². The Hall–Kier alpha value is -2.17. The summed E-state index contributed by atoms with van der Waals surface area (Å²) in [5, 5.41) is 2.75. The molecule has 0 unspecified atom stereocenters. The number of hydrogen-bond acceptors (Lipinski definition) is 3. The Labute approximate surface area is 86.8 Å². The molecule has 0 spiro atoms. The van der Waals surface area contributed by atoms with Gasteiger partial charge < -0.3 is 5.32 Å². The van der Waals surface area contributed by atoms with E-state index in [1.807, 2.05) is 12.1 Å². The van der Waals surface area contributed by atoms with Crippen LogP contribution in [0.15, 0.2) is 43.2 Å². The first-order valence-corrected chi connectivity index (χ1v) is 4.51. The van der Waals surface area contributed by atoms with Crippen molar-refractivity contribution < 1.29 is 4.79 Å². The van der Waals surface area contributed by atoms with E-state index in [0.717, 1.165) is 5.56 Å². The zero-order valence-corrected chi connectivity index (χ0v) is 8.00. The van der Waals surface area contributed by atoms with E-state index in [1.54, 1.807) is 24.8 Å². The molecule has 2 aromatic heterocycles. The normalized spacial score (nSPS) is 9.87. The summed E-state index contributed by atoms with van der Waals surface area (Å²) >= 11 is 0. The largest absolute Gasteiger partial charge is 0.333 e. The monoisotopic (exact) mass is 202 g/mol. The molecule has 0 saturated heterocycles. The van der Waals surface area contributed by atoms with Crippen LogP contribution < -0.4 is 5.32 Å². The number of pyridine rings is 1. The molecule has 76 valence electrons. The fraction of sp³-hybridized carbons (Fsp3) is 0.100. The lowest BCUT2D eigenvalue weighted by atomic mass is 10.3. The second-order valence-electron chi connectivity index (χ2n) is 2.99. The van der Waals surface area contributed by atoms with Crippen LogP contribution in [0.1, 0.15) is 5.56 Å². The summed E-state index contributed by atoms with van der Waals surface area (Å²) in [6.45, 7) is 0.463. The summed E-state index contributed by atoms with van der Waals surface area (Å²) in [5.74, 6) is 0. The predicted molar refractivity (Wildman–Crippen MR) is 54.1 cm³/mol. The van der Waals surface area contributed by atoms with Gasteiger partial charge in [-0.05, 0) is 11.6 Å². The van der Waals surface area contributed by atoms with E-state index in [1.165, 1.54) is 10.9 Å². The Morgan fingerprint density at radius 2 is 2.33 bits per heavy atom. The van der Waals surface area contributed by atoms with Crippen LogP contribution in [0.4, 0.5) is 4.79 Å². The van der Waals surface area contributed by atoms with Crippen molar-refractivity contribution in [3.8, 4) is 0 Å². The zero-order valence-electron chi connectivity index (χ0n) is 8.00. The molecular formula is C10H10N4O. The second kappa shape index (κ2) is 4.36. The van der Waals surface area contributed by atoms with E-state index in [9.17, 15) is 4.79 Å². The first-order chi connectivity index (χ1) is 7.36. The first kappa shape index (κ1) is 9.39. The van der Waals surface area contributed by atoms with E-state index >= 15 is 0 Å². The molecule has 0 atom stereocenters. The number of carbonyl (C=O) groups excluding carboxylic acids is 1. The highest BCUT2D eigenvalue weighted by atomic mass is 16.2. The highest BCUT2D eigenvalue weighted by molar-refractivity contribution is 5.76. The summed E-state index contributed by atoms with van der Waals surface area (Å²) in [4.78, 5) is 19.2. The summed E-state index contributed by atoms with van der Waals surface area (Å²) < 4.78 is 1.39. The quantitative estimate of drug-likeness (QED) is 0.791. The Morgan fingerprint density at radius 3 is 3.00 bits per heavy atom. The van der Waals surface area contributed by atoms with Gasteiger partial charge in [0.1, 0.15) is 6.33 Å². The summed E-state index contributed by atoms with van der Waals surface area (Å²) in [7, 11) is 0. The maximum Gasteiger partial charge on any atom is 0.327 e. The molecule has 0 aliphatic carbocycles. The van der Waals surface area contributed by atoms with E-state index in [4.69, 9.17) is 0 Å². The Kier molecular flexibility index (Phi) is 2.73. The van der Waals surface area contributed by atoms with Gasteiger partial charge in [-0.15, -0.1) is 0 Å². The van der Waals surface area contributed by atoms with Crippen LogP contribution >= 0.6 is 0 Å². The van der Waals surface area contributed by atoms with Crippen LogP contribution in [0, 0.1) is 0 Å². The lowest BCUT2D eigenvalue weighted by molar-refractivity contribution is 0.242. The Bertz CT molecular complexity index is 424. The van der Waals surface area contributed by atoms with Gasteiger partial charge in [-0.25, -0.2) is 9.78 Å². The predicted octanol–water partition coefficient (Wildman–Crippen LogP) is 1.04. The van der Waals surface area contributed by atoms with Crippen molar-refractivity contribution in [3.63, 3.8) is 0 Å². The van der Waals surface area contributed by atoms with Crippen LogP contribution in [0.5, 0.6) is 0 Å². The number of nitrogens with one attached hydrogen (secondary N) is 1. The molecule has 2 aromatic rings. The number of aromatic nitrogens is 3. The van der Waals surface area contributed by atoms with Crippen LogP contribution in [-0.2, 0) is 6.54 Å². The molecule has 5 nitrogen and oxygen atoms in total. The van der Waals surface area contributed by atoms with Gasteiger partial charge in [-0.1, -0.05) is 6.07 Å². The van der Waals surface area contributed by atoms with Crippen molar-refractivity contribution >= 4 is 6.03 Å². The standard InChI is InChI=1S/C10H10N4O/c15-10(14-5-4-12-8-14)13-7-9-2-1-3-11-6-9/h1-6,8H,7H2,(H,13,15). The molecular weight excluding hydrogens is 192 g/mol. The molecule has 0 aliphatic heterocycles. The van der Waals surface area contributed by atoms with Crippen molar-refractivity contribution in [2.75, 3.05) is 0 Å². The molecule has 2 heterocycles. The van der Waals surface area contributed by atoms with Gasteiger partial charge >= 0.3 is 6.03 Å². The molecule has 0 aromatic carbocycles. The van der Waals surface area contributed by atoms with Gasteiger partial charge in [0.25, 0.3) is 0 Å². The minimum atomic E-state index is -0.198. The molecule has 0 radical (unpaired) electrons. The van der Waals surface area contributed by atoms with Crippen molar-refractivity contribution in [2.45, 2.75) is 6.54 Å². The number of amides is 1. The van der Waals surface area contributed by atoms with Gasteiger partial charge in [0, 0.05) is 31.3 Å². The maximum atomic E-state index is 11.5.